The van der Waals surface area contributed by atoms with E-state index in [0.29, 0.717) is 18.4 Å². The molecule has 0 amide bonds. The Morgan fingerprint density at radius 1 is 0.941 bits per heavy atom. The van der Waals surface area contributed by atoms with E-state index in [1.807, 2.05) is 6.08 Å². The van der Waals surface area contributed by atoms with Gasteiger partial charge in [0.1, 0.15) is 0 Å². The maximum Gasteiger partial charge on any atom is 0.386 e. The number of aliphatic hydroxyl groups excluding tert-OH is 1. The van der Waals surface area contributed by atoms with Crippen LogP contribution in [0.4, 0.5) is 13.2 Å². The second-order valence-corrected chi connectivity index (χ2v) is 13.4. The van der Waals surface area contributed by atoms with Crippen LogP contribution in [0.1, 0.15) is 48.0 Å². The Morgan fingerprint density at radius 2 is 1.38 bits per heavy atom. The number of benzene rings is 2. The molecule has 190 valence electrons. The van der Waals surface area contributed by atoms with Gasteiger partial charge >= 0.3 is 6.18 Å². The van der Waals surface area contributed by atoms with Gasteiger partial charge in [0.2, 0.25) is 0 Å². The standard InChI is InChI=1S/C25H35NO2S.C2H3F3/c1-19(2)22-16-17-24(27)26-23(22)18-28-29(25(3,4)5,20-12-8-6-9-13-20)21-14-10-7-11-15-21;1-2(3,4)5/h6-15,17,19,22-23,26-27H,16,18H2,1-5H3;1H3. The lowest BCUT2D eigenvalue weighted by Gasteiger charge is -2.51. The molecule has 0 saturated carbocycles. The van der Waals surface area contributed by atoms with Gasteiger partial charge in [0.25, 0.3) is 0 Å². The quantitative estimate of drug-likeness (QED) is 0.422. The topological polar surface area (TPSA) is 41.5 Å². The van der Waals surface area contributed by atoms with Gasteiger partial charge in [0.05, 0.1) is 12.6 Å². The van der Waals surface area contributed by atoms with E-state index in [9.17, 15) is 18.3 Å². The summed E-state index contributed by atoms with van der Waals surface area (Å²) in [5.41, 5.74) is 0. The SMILES string of the molecule is CC(C)C1CC=C(O)NC1COS(c1ccccc1)(c1ccccc1)C(C)(C)C.CC(F)(F)F. The first-order valence-electron chi connectivity index (χ1n) is 11.6. The van der Waals surface area contributed by atoms with Gasteiger partial charge in [-0.3, -0.25) is 0 Å². The molecule has 0 saturated heterocycles. The summed E-state index contributed by atoms with van der Waals surface area (Å²) in [5, 5.41) is 13.4. The Balaban J connectivity index is 0.000000739. The molecule has 7 heteroatoms. The van der Waals surface area contributed by atoms with Gasteiger partial charge in [0.15, 0.2) is 5.88 Å². The first-order chi connectivity index (χ1) is 15.8. The van der Waals surface area contributed by atoms with Crippen LogP contribution in [0.5, 0.6) is 0 Å². The molecule has 2 atom stereocenters. The van der Waals surface area contributed by atoms with E-state index in [1.54, 1.807) is 0 Å². The van der Waals surface area contributed by atoms with Crippen LogP contribution in [0, 0.1) is 11.8 Å². The van der Waals surface area contributed by atoms with Crippen LogP contribution >= 0.6 is 10.3 Å². The smallest absolute Gasteiger partial charge is 0.386 e. The Kier molecular flexibility index (Phi) is 9.54. The van der Waals surface area contributed by atoms with Crippen LogP contribution in [-0.4, -0.2) is 28.7 Å². The molecule has 2 unspecified atom stereocenters. The fourth-order valence-electron chi connectivity index (χ4n) is 4.23. The van der Waals surface area contributed by atoms with Crippen LogP contribution in [0.2, 0.25) is 0 Å². The molecule has 1 aliphatic heterocycles. The molecular weight excluding hydrogens is 459 g/mol. The second-order valence-electron chi connectivity index (χ2n) is 9.84. The van der Waals surface area contributed by atoms with Crippen molar-refractivity contribution in [3.8, 4) is 0 Å². The molecule has 1 heterocycles. The van der Waals surface area contributed by atoms with Crippen molar-refractivity contribution in [2.24, 2.45) is 11.8 Å². The van der Waals surface area contributed by atoms with Crippen molar-refractivity contribution in [1.29, 1.82) is 0 Å². The van der Waals surface area contributed by atoms with Crippen molar-refractivity contribution in [2.45, 2.75) is 74.7 Å². The molecule has 2 N–H and O–H groups in total. The third-order valence-corrected chi connectivity index (χ3v) is 9.81. The highest BCUT2D eigenvalue weighted by Gasteiger charge is 2.42. The second kappa shape index (κ2) is 11.5. The van der Waals surface area contributed by atoms with E-state index < -0.39 is 16.5 Å². The predicted octanol–water partition coefficient (Wildman–Crippen LogP) is 8.24. The summed E-state index contributed by atoms with van der Waals surface area (Å²) < 4.78 is 38.0. The number of halogens is 3. The van der Waals surface area contributed by atoms with Gasteiger partial charge < -0.3 is 14.6 Å². The molecule has 1 aliphatic rings. The molecule has 3 rings (SSSR count). The summed E-state index contributed by atoms with van der Waals surface area (Å²) >= 11 is 0. The number of alkyl halides is 3. The van der Waals surface area contributed by atoms with Gasteiger partial charge in [-0.15, -0.1) is 0 Å². The summed E-state index contributed by atoms with van der Waals surface area (Å²) in [4.78, 5) is 2.46. The maximum atomic E-state index is 10.4. The largest absolute Gasteiger partial charge is 0.495 e. The van der Waals surface area contributed by atoms with Gasteiger partial charge in [-0.05, 0) is 69.4 Å². The summed E-state index contributed by atoms with van der Waals surface area (Å²) in [5.74, 6) is 1.20. The van der Waals surface area contributed by atoms with Crippen LogP contribution in [0.3, 0.4) is 0 Å². The van der Waals surface area contributed by atoms with E-state index in [2.05, 4.69) is 101 Å². The highest BCUT2D eigenvalue weighted by Crippen LogP contribution is 2.71. The lowest BCUT2D eigenvalue weighted by Crippen LogP contribution is -2.45. The minimum absolute atomic E-state index is 0.0849. The Labute approximate surface area is 203 Å². The third-order valence-electron chi connectivity index (χ3n) is 5.73. The summed E-state index contributed by atoms with van der Waals surface area (Å²) in [6.45, 7) is 12.0. The van der Waals surface area contributed by atoms with Crippen LogP contribution in [0.25, 0.3) is 0 Å². The van der Waals surface area contributed by atoms with E-state index in [1.165, 1.54) is 9.79 Å². The van der Waals surface area contributed by atoms with Crippen LogP contribution in [-0.2, 0) is 4.18 Å². The molecule has 34 heavy (non-hydrogen) atoms. The lowest BCUT2D eigenvalue weighted by molar-refractivity contribution is -0.110. The molecule has 0 spiro atoms. The average molecular weight is 498 g/mol. The molecule has 0 radical (unpaired) electrons. The number of rotatable bonds is 6. The van der Waals surface area contributed by atoms with Crippen molar-refractivity contribution >= 4 is 10.3 Å². The lowest BCUT2D eigenvalue weighted by atomic mass is 9.84. The monoisotopic (exact) mass is 497 g/mol. The number of hydrogen-bond donors (Lipinski definition) is 2. The van der Waals surface area contributed by atoms with Crippen molar-refractivity contribution in [3.05, 3.63) is 72.6 Å². The summed E-state index contributed by atoms with van der Waals surface area (Å²) in [6, 6.07) is 21.4. The van der Waals surface area contributed by atoms with E-state index in [0.717, 1.165) is 6.42 Å². The molecule has 3 nitrogen and oxygen atoms in total. The van der Waals surface area contributed by atoms with E-state index >= 15 is 0 Å². The van der Waals surface area contributed by atoms with Gasteiger partial charge in [-0.25, -0.2) is 0 Å². The van der Waals surface area contributed by atoms with Gasteiger partial charge in [-0.1, -0.05) is 60.6 Å². The zero-order chi connectivity index (χ0) is 25.6. The molecule has 2 aromatic carbocycles. The molecule has 0 bridgehead atoms. The Bertz CT molecular complexity index is 863. The third kappa shape index (κ3) is 7.44. The zero-order valence-corrected chi connectivity index (χ0v) is 21.7. The van der Waals surface area contributed by atoms with Gasteiger partial charge in [0, 0.05) is 21.5 Å². The minimum atomic E-state index is -4.00. The van der Waals surface area contributed by atoms with Crippen LogP contribution < -0.4 is 5.32 Å². The van der Waals surface area contributed by atoms with Crippen molar-refractivity contribution < 1.29 is 22.5 Å². The molecule has 2 aromatic rings. The van der Waals surface area contributed by atoms with Crippen LogP contribution in [0.15, 0.2) is 82.4 Å². The summed E-state index contributed by atoms with van der Waals surface area (Å²) in [7, 11) is -1.78. The first kappa shape index (κ1) is 28.1. The number of nitrogens with one attached hydrogen (secondary N) is 1. The number of hydrogen-bond acceptors (Lipinski definition) is 3. The molecule has 0 aliphatic carbocycles. The van der Waals surface area contributed by atoms with Gasteiger partial charge in [-0.2, -0.15) is 13.2 Å². The average Bonchev–Trinajstić information content (AvgIpc) is 2.73. The van der Waals surface area contributed by atoms with E-state index in [4.69, 9.17) is 4.18 Å². The highest BCUT2D eigenvalue weighted by atomic mass is 32.3. The first-order valence-corrected chi connectivity index (χ1v) is 13.1. The molecule has 0 aromatic heterocycles. The maximum absolute atomic E-state index is 10.4. The Morgan fingerprint density at radius 3 is 1.76 bits per heavy atom. The normalized spacial score (nSPS) is 19.5. The summed E-state index contributed by atoms with van der Waals surface area (Å²) in [6.07, 6.45) is -1.24. The fourth-order valence-corrected chi connectivity index (χ4v) is 7.97. The fraction of sp³-hybridized carbons (Fsp3) is 0.481. The highest BCUT2D eigenvalue weighted by molar-refractivity contribution is 8.31. The van der Waals surface area contributed by atoms with Crippen molar-refractivity contribution in [3.63, 3.8) is 0 Å². The predicted molar refractivity (Wildman–Crippen MR) is 135 cm³/mol. The molecule has 0 fully saturated rings. The van der Waals surface area contributed by atoms with Crippen molar-refractivity contribution in [1.82, 2.24) is 5.32 Å². The number of allylic oxidation sites excluding steroid dienone is 1. The zero-order valence-electron chi connectivity index (χ0n) is 20.9. The Hall–Kier alpha value is -2.12. The number of aliphatic hydroxyl groups is 1. The minimum Gasteiger partial charge on any atom is -0.495 e. The van der Waals surface area contributed by atoms with Crippen molar-refractivity contribution in [2.75, 3.05) is 6.61 Å². The van der Waals surface area contributed by atoms with E-state index in [-0.39, 0.29) is 23.6 Å². The molecular formula is C27H38F3NO2S.